The highest BCUT2D eigenvalue weighted by Crippen LogP contribution is 2.27. The molecule has 17 heavy (non-hydrogen) atoms. The minimum absolute atomic E-state index is 0.739. The van der Waals surface area contributed by atoms with Crippen molar-refractivity contribution in [1.29, 1.82) is 0 Å². The molecule has 0 unspecified atom stereocenters. The Bertz CT molecular complexity index is 669. The summed E-state index contributed by atoms with van der Waals surface area (Å²) in [6, 6.07) is 18.2. The molecule has 0 amide bonds. The molecule has 0 saturated heterocycles. The highest BCUT2D eigenvalue weighted by molar-refractivity contribution is 5.96. The monoisotopic (exact) mass is 220 g/mol. The number of nitrogen functional groups attached to an aromatic ring is 1. The topological polar surface area (TPSA) is 38.9 Å². The van der Waals surface area contributed by atoms with Crippen LogP contribution in [0.25, 0.3) is 22.0 Å². The van der Waals surface area contributed by atoms with Crippen molar-refractivity contribution in [1.82, 2.24) is 4.98 Å². The van der Waals surface area contributed by atoms with Gasteiger partial charge in [-0.05, 0) is 22.9 Å². The number of benzene rings is 2. The van der Waals surface area contributed by atoms with Crippen molar-refractivity contribution in [2.45, 2.75) is 0 Å². The van der Waals surface area contributed by atoms with Gasteiger partial charge in [0.05, 0.1) is 5.69 Å². The van der Waals surface area contributed by atoms with E-state index in [4.69, 9.17) is 5.73 Å². The predicted octanol–water partition coefficient (Wildman–Crippen LogP) is 3.48. The number of nitrogens with two attached hydrogens (primary N) is 1. The highest BCUT2D eigenvalue weighted by atomic mass is 14.7. The molecule has 2 heteroatoms. The van der Waals surface area contributed by atoms with Crippen LogP contribution in [-0.4, -0.2) is 4.98 Å². The second-order valence-corrected chi connectivity index (χ2v) is 4.00. The van der Waals surface area contributed by atoms with Crippen molar-refractivity contribution >= 4 is 16.5 Å². The van der Waals surface area contributed by atoms with E-state index in [9.17, 15) is 0 Å². The highest BCUT2D eigenvalue weighted by Gasteiger charge is 2.04. The van der Waals surface area contributed by atoms with E-state index in [1.165, 1.54) is 10.8 Å². The zero-order chi connectivity index (χ0) is 11.7. The van der Waals surface area contributed by atoms with Crippen LogP contribution >= 0.6 is 0 Å². The lowest BCUT2D eigenvalue weighted by Crippen LogP contribution is -1.89. The van der Waals surface area contributed by atoms with Crippen LogP contribution in [0.1, 0.15) is 0 Å². The summed E-state index contributed by atoms with van der Waals surface area (Å²) in [6.45, 7) is 0. The Kier molecular flexibility index (Phi) is 2.26. The summed E-state index contributed by atoms with van der Waals surface area (Å²) < 4.78 is 0. The molecule has 1 aromatic heterocycles. The van der Waals surface area contributed by atoms with E-state index < -0.39 is 0 Å². The summed E-state index contributed by atoms with van der Waals surface area (Å²) >= 11 is 0. The van der Waals surface area contributed by atoms with Crippen LogP contribution in [0.4, 0.5) is 5.69 Å². The molecule has 0 bridgehead atoms. The lowest BCUT2D eigenvalue weighted by atomic mass is 10.0. The maximum Gasteiger partial charge on any atom is 0.0728 e. The van der Waals surface area contributed by atoms with Crippen LogP contribution in [-0.2, 0) is 0 Å². The van der Waals surface area contributed by atoms with Gasteiger partial charge in [0, 0.05) is 17.4 Å². The molecule has 2 nitrogen and oxygen atoms in total. The van der Waals surface area contributed by atoms with E-state index in [0.717, 1.165) is 16.9 Å². The van der Waals surface area contributed by atoms with Crippen LogP contribution < -0.4 is 5.73 Å². The largest absolute Gasteiger partial charge is 0.399 e. The molecule has 0 atom stereocenters. The number of anilines is 1. The fraction of sp³-hybridized carbons (Fsp3) is 0. The average molecular weight is 220 g/mol. The first kappa shape index (κ1) is 9.85. The standard InChI is InChI=1S/C15H12N2/c16-12-8-9-17-15(10-12)14-7-3-5-11-4-1-2-6-13(11)14/h1-10H,(H2,16,17). The number of nitrogens with zero attached hydrogens (tertiary/aromatic N) is 1. The lowest BCUT2D eigenvalue weighted by molar-refractivity contribution is 1.33. The Hall–Kier alpha value is -2.35. The van der Waals surface area contributed by atoms with Gasteiger partial charge in [0.15, 0.2) is 0 Å². The predicted molar refractivity (Wildman–Crippen MR) is 71.6 cm³/mol. The molecule has 0 saturated carbocycles. The Morgan fingerprint density at radius 1 is 0.882 bits per heavy atom. The van der Waals surface area contributed by atoms with E-state index in [1.54, 1.807) is 12.3 Å². The number of hydrogen-bond acceptors (Lipinski definition) is 2. The normalized spacial score (nSPS) is 10.6. The first-order valence-electron chi connectivity index (χ1n) is 5.54. The van der Waals surface area contributed by atoms with Crippen molar-refractivity contribution in [3.05, 3.63) is 60.8 Å². The molecule has 3 aromatic rings. The van der Waals surface area contributed by atoms with Crippen molar-refractivity contribution in [2.75, 3.05) is 5.73 Å². The van der Waals surface area contributed by atoms with E-state index in [2.05, 4.69) is 29.2 Å². The first-order valence-corrected chi connectivity index (χ1v) is 5.54. The molecular formula is C15H12N2. The molecule has 3 rings (SSSR count). The quantitative estimate of drug-likeness (QED) is 0.681. The molecule has 0 aliphatic rings. The van der Waals surface area contributed by atoms with Crippen molar-refractivity contribution in [3.63, 3.8) is 0 Å². The van der Waals surface area contributed by atoms with Gasteiger partial charge >= 0.3 is 0 Å². The number of aromatic nitrogens is 1. The minimum Gasteiger partial charge on any atom is -0.399 e. The molecule has 2 N–H and O–H groups in total. The summed E-state index contributed by atoms with van der Waals surface area (Å²) in [5, 5.41) is 2.42. The fourth-order valence-corrected chi connectivity index (χ4v) is 2.04. The van der Waals surface area contributed by atoms with E-state index in [1.807, 2.05) is 24.3 Å². The zero-order valence-corrected chi connectivity index (χ0v) is 9.30. The average Bonchev–Trinajstić information content (AvgIpc) is 2.38. The zero-order valence-electron chi connectivity index (χ0n) is 9.30. The van der Waals surface area contributed by atoms with Crippen molar-refractivity contribution in [3.8, 4) is 11.3 Å². The van der Waals surface area contributed by atoms with Gasteiger partial charge in [0.1, 0.15) is 0 Å². The lowest BCUT2D eigenvalue weighted by Gasteiger charge is -2.06. The summed E-state index contributed by atoms with van der Waals surface area (Å²) in [5.41, 5.74) is 8.58. The third-order valence-corrected chi connectivity index (χ3v) is 2.85. The number of fused-ring (bicyclic) bond motifs is 1. The molecule has 82 valence electrons. The molecule has 0 spiro atoms. The van der Waals surface area contributed by atoms with E-state index in [0.29, 0.717) is 0 Å². The third-order valence-electron chi connectivity index (χ3n) is 2.85. The number of hydrogen-bond donors (Lipinski definition) is 1. The maximum atomic E-state index is 5.80. The molecule has 0 fully saturated rings. The third kappa shape index (κ3) is 1.74. The fourth-order valence-electron chi connectivity index (χ4n) is 2.04. The number of rotatable bonds is 1. The summed E-state index contributed by atoms with van der Waals surface area (Å²) in [4.78, 5) is 4.38. The number of pyridine rings is 1. The van der Waals surface area contributed by atoms with E-state index >= 15 is 0 Å². The molecule has 0 aliphatic carbocycles. The van der Waals surface area contributed by atoms with Gasteiger partial charge in [0.25, 0.3) is 0 Å². The van der Waals surface area contributed by atoms with Crippen LogP contribution in [0, 0.1) is 0 Å². The van der Waals surface area contributed by atoms with E-state index in [-0.39, 0.29) is 0 Å². The van der Waals surface area contributed by atoms with Gasteiger partial charge < -0.3 is 5.73 Å². The van der Waals surface area contributed by atoms with Crippen LogP contribution in [0.2, 0.25) is 0 Å². The molecule has 0 radical (unpaired) electrons. The van der Waals surface area contributed by atoms with Gasteiger partial charge in [-0.15, -0.1) is 0 Å². The molecule has 1 heterocycles. The Balaban J connectivity index is 2.30. The molecule has 2 aromatic carbocycles. The van der Waals surface area contributed by atoms with Gasteiger partial charge in [-0.3, -0.25) is 4.98 Å². The first-order chi connectivity index (χ1) is 8.34. The Labute approximate surface area is 99.7 Å². The van der Waals surface area contributed by atoms with Crippen LogP contribution in [0.5, 0.6) is 0 Å². The molecular weight excluding hydrogens is 208 g/mol. The van der Waals surface area contributed by atoms with Crippen molar-refractivity contribution in [2.24, 2.45) is 0 Å². The van der Waals surface area contributed by atoms with Crippen LogP contribution in [0.15, 0.2) is 60.8 Å². The van der Waals surface area contributed by atoms with Gasteiger partial charge in [0.2, 0.25) is 0 Å². The van der Waals surface area contributed by atoms with Gasteiger partial charge in [-0.1, -0.05) is 42.5 Å². The van der Waals surface area contributed by atoms with Crippen LogP contribution in [0.3, 0.4) is 0 Å². The molecule has 0 aliphatic heterocycles. The Morgan fingerprint density at radius 2 is 1.71 bits per heavy atom. The second kappa shape index (κ2) is 3.91. The Morgan fingerprint density at radius 3 is 2.59 bits per heavy atom. The SMILES string of the molecule is Nc1ccnc(-c2cccc3ccccc23)c1. The smallest absolute Gasteiger partial charge is 0.0728 e. The maximum absolute atomic E-state index is 5.80. The summed E-state index contributed by atoms with van der Waals surface area (Å²) in [5.74, 6) is 0. The van der Waals surface area contributed by atoms with Crippen molar-refractivity contribution < 1.29 is 0 Å². The summed E-state index contributed by atoms with van der Waals surface area (Å²) in [6.07, 6.45) is 1.74. The van der Waals surface area contributed by atoms with Gasteiger partial charge in [-0.2, -0.15) is 0 Å². The second-order valence-electron chi connectivity index (χ2n) is 4.00. The minimum atomic E-state index is 0.739. The summed E-state index contributed by atoms with van der Waals surface area (Å²) in [7, 11) is 0. The van der Waals surface area contributed by atoms with Gasteiger partial charge in [-0.25, -0.2) is 0 Å².